The van der Waals surface area contributed by atoms with Crippen LogP contribution in [0.25, 0.3) is 0 Å². The highest BCUT2D eigenvalue weighted by Gasteiger charge is 2.27. The SMILES string of the molecule is CCOC(=O)C(CC/C(C)=N/O)C(=O)NCc1ccccc1. The van der Waals surface area contributed by atoms with Crippen molar-refractivity contribution in [3.8, 4) is 0 Å². The molecule has 120 valence electrons. The third-order valence-electron chi connectivity index (χ3n) is 3.16. The summed E-state index contributed by atoms with van der Waals surface area (Å²) in [6, 6.07) is 9.44. The van der Waals surface area contributed by atoms with Crippen LogP contribution in [0.2, 0.25) is 0 Å². The number of carbonyl (C=O) groups is 2. The highest BCUT2D eigenvalue weighted by Crippen LogP contribution is 2.11. The Kier molecular flexibility index (Phi) is 7.67. The third kappa shape index (κ3) is 5.95. The Balaban J connectivity index is 2.64. The van der Waals surface area contributed by atoms with Crippen LogP contribution in [0.4, 0.5) is 0 Å². The predicted octanol–water partition coefficient (Wildman–Crippen LogP) is 2.11. The lowest BCUT2D eigenvalue weighted by Crippen LogP contribution is -2.36. The van der Waals surface area contributed by atoms with Gasteiger partial charge in [-0.25, -0.2) is 0 Å². The van der Waals surface area contributed by atoms with E-state index in [4.69, 9.17) is 9.94 Å². The quantitative estimate of drug-likeness (QED) is 0.253. The average Bonchev–Trinajstić information content (AvgIpc) is 2.54. The second kappa shape index (κ2) is 9.55. The van der Waals surface area contributed by atoms with Crippen molar-refractivity contribution < 1.29 is 19.5 Å². The largest absolute Gasteiger partial charge is 0.465 e. The first-order valence-corrected chi connectivity index (χ1v) is 7.24. The highest BCUT2D eigenvalue weighted by atomic mass is 16.5. The number of oxime groups is 1. The first kappa shape index (κ1) is 17.7. The Bertz CT molecular complexity index is 514. The Morgan fingerprint density at radius 2 is 2.00 bits per heavy atom. The molecule has 0 fully saturated rings. The molecule has 0 aromatic heterocycles. The second-order valence-corrected chi connectivity index (χ2v) is 4.88. The van der Waals surface area contributed by atoms with E-state index in [1.807, 2.05) is 30.3 Å². The minimum atomic E-state index is -0.902. The molecule has 0 aliphatic heterocycles. The lowest BCUT2D eigenvalue weighted by atomic mass is 10.0. The molecule has 0 bridgehead atoms. The van der Waals surface area contributed by atoms with E-state index in [2.05, 4.69) is 10.5 Å². The van der Waals surface area contributed by atoms with Gasteiger partial charge in [0.1, 0.15) is 5.92 Å². The minimum absolute atomic E-state index is 0.217. The van der Waals surface area contributed by atoms with Gasteiger partial charge in [-0.15, -0.1) is 0 Å². The summed E-state index contributed by atoms with van der Waals surface area (Å²) in [5.41, 5.74) is 1.41. The number of rotatable bonds is 8. The smallest absolute Gasteiger partial charge is 0.318 e. The topological polar surface area (TPSA) is 88.0 Å². The van der Waals surface area contributed by atoms with Gasteiger partial charge in [-0.3, -0.25) is 9.59 Å². The van der Waals surface area contributed by atoms with Crippen LogP contribution in [-0.2, 0) is 20.9 Å². The fraction of sp³-hybridized carbons (Fsp3) is 0.438. The van der Waals surface area contributed by atoms with Crippen molar-refractivity contribution in [2.75, 3.05) is 6.61 Å². The van der Waals surface area contributed by atoms with Gasteiger partial charge in [0.05, 0.1) is 12.3 Å². The van der Waals surface area contributed by atoms with Gasteiger partial charge < -0.3 is 15.3 Å². The van der Waals surface area contributed by atoms with E-state index in [-0.39, 0.29) is 18.9 Å². The van der Waals surface area contributed by atoms with Crippen LogP contribution < -0.4 is 5.32 Å². The molecule has 0 spiro atoms. The van der Waals surface area contributed by atoms with Crippen LogP contribution in [0.15, 0.2) is 35.5 Å². The molecular weight excluding hydrogens is 284 g/mol. The van der Waals surface area contributed by atoms with Crippen molar-refractivity contribution in [2.24, 2.45) is 11.1 Å². The van der Waals surface area contributed by atoms with Crippen LogP contribution in [0.3, 0.4) is 0 Å². The Labute approximate surface area is 130 Å². The molecule has 1 amide bonds. The van der Waals surface area contributed by atoms with Crippen molar-refractivity contribution in [1.82, 2.24) is 5.32 Å². The van der Waals surface area contributed by atoms with Crippen LogP contribution in [0, 0.1) is 5.92 Å². The summed E-state index contributed by atoms with van der Waals surface area (Å²) in [4.78, 5) is 24.1. The summed E-state index contributed by atoms with van der Waals surface area (Å²) < 4.78 is 4.94. The number of carbonyl (C=O) groups excluding carboxylic acids is 2. The molecule has 22 heavy (non-hydrogen) atoms. The first-order chi connectivity index (χ1) is 10.6. The molecule has 0 radical (unpaired) electrons. The van der Waals surface area contributed by atoms with Crippen LogP contribution >= 0.6 is 0 Å². The predicted molar refractivity (Wildman–Crippen MR) is 82.5 cm³/mol. The molecule has 1 unspecified atom stereocenters. The number of hydrogen-bond donors (Lipinski definition) is 2. The number of hydrogen-bond acceptors (Lipinski definition) is 5. The van der Waals surface area contributed by atoms with Gasteiger partial charge in [-0.1, -0.05) is 35.5 Å². The van der Waals surface area contributed by atoms with E-state index in [0.29, 0.717) is 18.7 Å². The zero-order valence-electron chi connectivity index (χ0n) is 12.9. The summed E-state index contributed by atoms with van der Waals surface area (Å²) in [7, 11) is 0. The van der Waals surface area contributed by atoms with E-state index in [1.165, 1.54) is 0 Å². The third-order valence-corrected chi connectivity index (χ3v) is 3.16. The van der Waals surface area contributed by atoms with Crippen LogP contribution in [-0.4, -0.2) is 29.4 Å². The zero-order chi connectivity index (χ0) is 16.4. The van der Waals surface area contributed by atoms with Gasteiger partial charge in [-0.2, -0.15) is 0 Å². The van der Waals surface area contributed by atoms with E-state index in [0.717, 1.165) is 5.56 Å². The van der Waals surface area contributed by atoms with Gasteiger partial charge in [0.2, 0.25) is 5.91 Å². The summed E-state index contributed by atoms with van der Waals surface area (Å²) in [6.45, 7) is 3.89. The number of esters is 1. The standard InChI is InChI=1S/C16H22N2O4/c1-3-22-16(20)14(10-9-12(2)18-21)15(19)17-11-13-7-5-4-6-8-13/h4-8,14,21H,3,9-11H2,1-2H3,(H,17,19)/b18-12+. The monoisotopic (exact) mass is 306 g/mol. The molecule has 0 aliphatic carbocycles. The van der Waals surface area contributed by atoms with E-state index < -0.39 is 11.9 Å². The summed E-state index contributed by atoms with van der Waals surface area (Å²) >= 11 is 0. The summed E-state index contributed by atoms with van der Waals surface area (Å²) in [5, 5.41) is 14.4. The van der Waals surface area contributed by atoms with Crippen molar-refractivity contribution in [1.29, 1.82) is 0 Å². The molecule has 2 N–H and O–H groups in total. The van der Waals surface area contributed by atoms with Crippen molar-refractivity contribution >= 4 is 17.6 Å². The van der Waals surface area contributed by atoms with E-state index >= 15 is 0 Å². The maximum atomic E-state index is 12.2. The molecule has 1 rings (SSSR count). The van der Waals surface area contributed by atoms with Gasteiger partial charge in [0.25, 0.3) is 0 Å². The zero-order valence-corrected chi connectivity index (χ0v) is 12.9. The molecule has 1 atom stereocenters. The van der Waals surface area contributed by atoms with Crippen LogP contribution in [0.5, 0.6) is 0 Å². The van der Waals surface area contributed by atoms with E-state index in [1.54, 1.807) is 13.8 Å². The molecule has 0 heterocycles. The number of benzene rings is 1. The fourth-order valence-corrected chi connectivity index (χ4v) is 1.91. The molecule has 6 heteroatoms. The maximum Gasteiger partial charge on any atom is 0.318 e. The molecule has 0 saturated carbocycles. The highest BCUT2D eigenvalue weighted by molar-refractivity contribution is 5.98. The van der Waals surface area contributed by atoms with Gasteiger partial charge >= 0.3 is 5.97 Å². The first-order valence-electron chi connectivity index (χ1n) is 7.24. The molecular formula is C16H22N2O4. The average molecular weight is 306 g/mol. The normalized spacial score (nSPS) is 12.5. The van der Waals surface area contributed by atoms with Crippen LogP contribution in [0.1, 0.15) is 32.3 Å². The summed E-state index contributed by atoms with van der Waals surface area (Å²) in [5.74, 6) is -1.84. The van der Waals surface area contributed by atoms with Crippen molar-refractivity contribution in [3.63, 3.8) is 0 Å². The Morgan fingerprint density at radius 1 is 1.32 bits per heavy atom. The second-order valence-electron chi connectivity index (χ2n) is 4.88. The van der Waals surface area contributed by atoms with Gasteiger partial charge in [0.15, 0.2) is 0 Å². The number of nitrogens with zero attached hydrogens (tertiary/aromatic N) is 1. The fourth-order valence-electron chi connectivity index (χ4n) is 1.91. The molecule has 0 aliphatic rings. The van der Waals surface area contributed by atoms with Crippen molar-refractivity contribution in [3.05, 3.63) is 35.9 Å². The van der Waals surface area contributed by atoms with E-state index in [9.17, 15) is 9.59 Å². The molecule has 0 saturated heterocycles. The Morgan fingerprint density at radius 3 is 2.59 bits per heavy atom. The molecule has 1 aromatic carbocycles. The Hall–Kier alpha value is -2.37. The number of amides is 1. The number of nitrogens with one attached hydrogen (secondary N) is 1. The summed E-state index contributed by atoms with van der Waals surface area (Å²) in [6.07, 6.45) is 0.591. The van der Waals surface area contributed by atoms with Crippen molar-refractivity contribution in [2.45, 2.75) is 33.2 Å². The van der Waals surface area contributed by atoms with Gasteiger partial charge in [0, 0.05) is 6.54 Å². The van der Waals surface area contributed by atoms with Gasteiger partial charge in [-0.05, 0) is 32.3 Å². The maximum absolute atomic E-state index is 12.2. The lowest BCUT2D eigenvalue weighted by Gasteiger charge is -2.15. The number of ether oxygens (including phenoxy) is 1. The molecule has 6 nitrogen and oxygen atoms in total. The lowest BCUT2D eigenvalue weighted by molar-refractivity contribution is -0.152. The minimum Gasteiger partial charge on any atom is -0.465 e. The molecule has 1 aromatic rings.